The van der Waals surface area contributed by atoms with Crippen molar-refractivity contribution in [1.29, 1.82) is 0 Å². The van der Waals surface area contributed by atoms with Crippen LogP contribution in [0.1, 0.15) is 20.3 Å². The maximum atomic E-state index is 4.31. The van der Waals surface area contributed by atoms with Crippen LogP contribution in [0, 0.1) is 5.92 Å². The van der Waals surface area contributed by atoms with Crippen LogP contribution in [-0.4, -0.2) is 38.7 Å². The van der Waals surface area contributed by atoms with Crippen molar-refractivity contribution < 1.29 is 0 Å². The Morgan fingerprint density at radius 2 is 2.19 bits per heavy atom. The molecule has 116 valence electrons. The first kappa shape index (κ1) is 16.1. The summed E-state index contributed by atoms with van der Waals surface area (Å²) in [5.74, 6) is 1.52. The zero-order valence-electron chi connectivity index (χ0n) is 13.1. The van der Waals surface area contributed by atoms with Gasteiger partial charge in [0.25, 0.3) is 0 Å². The van der Waals surface area contributed by atoms with Gasteiger partial charge in [0.1, 0.15) is 0 Å². The molecule has 1 heterocycles. The quantitative estimate of drug-likeness (QED) is 0.646. The molecule has 21 heavy (non-hydrogen) atoms. The number of nitrogens with zero attached hydrogens (tertiary/aromatic N) is 2. The topological polar surface area (TPSA) is 39.7 Å². The first-order valence-corrected chi connectivity index (χ1v) is 8.36. The number of hydrogen-bond donors (Lipinski definition) is 2. The molecule has 0 radical (unpaired) electrons. The van der Waals surface area contributed by atoms with Crippen molar-refractivity contribution in [3.8, 4) is 0 Å². The molecule has 1 aliphatic rings. The van der Waals surface area contributed by atoms with Gasteiger partial charge in [0.15, 0.2) is 5.96 Å². The van der Waals surface area contributed by atoms with Crippen LogP contribution < -0.4 is 15.5 Å². The molecule has 5 heteroatoms. The summed E-state index contributed by atoms with van der Waals surface area (Å²) in [4.78, 5) is 6.72. The Labute approximate surface area is 136 Å². The molecule has 2 rings (SSSR count). The number of rotatable bonds is 4. The lowest BCUT2D eigenvalue weighted by molar-refractivity contribution is 0.595. The Morgan fingerprint density at radius 3 is 2.86 bits per heavy atom. The molecule has 0 aromatic heterocycles. The van der Waals surface area contributed by atoms with E-state index in [0.717, 1.165) is 36.5 Å². The fourth-order valence-electron chi connectivity index (χ4n) is 2.49. The van der Waals surface area contributed by atoms with Gasteiger partial charge in [0.05, 0.1) is 5.69 Å². The van der Waals surface area contributed by atoms with Crippen LogP contribution in [0.3, 0.4) is 0 Å². The van der Waals surface area contributed by atoms with Crippen LogP contribution in [0.4, 0.5) is 5.69 Å². The SMILES string of the molecule is CN=C(NCC(C)C)NC1CCN(c2ccccc2Br)C1. The molecule has 0 spiro atoms. The zero-order valence-corrected chi connectivity index (χ0v) is 14.7. The molecule has 2 N–H and O–H groups in total. The molecule has 1 saturated heterocycles. The van der Waals surface area contributed by atoms with E-state index in [1.54, 1.807) is 0 Å². The van der Waals surface area contributed by atoms with Crippen LogP contribution in [0.15, 0.2) is 33.7 Å². The normalized spacial score (nSPS) is 19.2. The van der Waals surface area contributed by atoms with E-state index in [9.17, 15) is 0 Å². The lowest BCUT2D eigenvalue weighted by Crippen LogP contribution is -2.45. The summed E-state index contributed by atoms with van der Waals surface area (Å²) >= 11 is 3.63. The van der Waals surface area contributed by atoms with E-state index in [-0.39, 0.29) is 0 Å². The minimum atomic E-state index is 0.440. The van der Waals surface area contributed by atoms with Crippen LogP contribution in [-0.2, 0) is 0 Å². The smallest absolute Gasteiger partial charge is 0.191 e. The molecule has 1 unspecified atom stereocenters. The summed E-state index contributed by atoms with van der Waals surface area (Å²) in [6.45, 7) is 7.42. The standard InChI is InChI=1S/C16H25BrN4/c1-12(2)10-19-16(18-3)20-13-8-9-21(11-13)15-7-5-4-6-14(15)17/h4-7,12-13H,8-11H2,1-3H3,(H2,18,19,20). The number of benzene rings is 1. The van der Waals surface area contributed by atoms with E-state index < -0.39 is 0 Å². The van der Waals surface area contributed by atoms with Crippen LogP contribution in [0.2, 0.25) is 0 Å². The molecular formula is C16H25BrN4. The first-order chi connectivity index (χ1) is 10.1. The van der Waals surface area contributed by atoms with E-state index in [1.807, 2.05) is 7.05 Å². The van der Waals surface area contributed by atoms with Gasteiger partial charge >= 0.3 is 0 Å². The Morgan fingerprint density at radius 1 is 1.43 bits per heavy atom. The van der Waals surface area contributed by atoms with Gasteiger partial charge in [-0.2, -0.15) is 0 Å². The summed E-state index contributed by atoms with van der Waals surface area (Å²) in [6.07, 6.45) is 1.13. The van der Waals surface area contributed by atoms with E-state index in [2.05, 4.69) is 74.6 Å². The maximum absolute atomic E-state index is 4.31. The third kappa shape index (κ3) is 4.63. The highest BCUT2D eigenvalue weighted by molar-refractivity contribution is 9.10. The Balaban J connectivity index is 1.89. The monoisotopic (exact) mass is 352 g/mol. The van der Waals surface area contributed by atoms with Gasteiger partial charge in [-0.05, 0) is 40.4 Å². The number of halogens is 1. The molecule has 1 aliphatic heterocycles. The summed E-state index contributed by atoms with van der Waals surface area (Å²) in [5.41, 5.74) is 1.27. The van der Waals surface area contributed by atoms with Gasteiger partial charge in [-0.3, -0.25) is 4.99 Å². The van der Waals surface area contributed by atoms with Gasteiger partial charge in [-0.15, -0.1) is 0 Å². The van der Waals surface area contributed by atoms with E-state index in [4.69, 9.17) is 0 Å². The maximum Gasteiger partial charge on any atom is 0.191 e. The molecule has 1 aromatic rings. The number of guanidine groups is 1. The number of hydrogen-bond acceptors (Lipinski definition) is 2. The summed E-state index contributed by atoms with van der Waals surface area (Å²) < 4.78 is 1.16. The molecule has 1 fully saturated rings. The van der Waals surface area contributed by atoms with Gasteiger partial charge in [0.2, 0.25) is 0 Å². The number of anilines is 1. The lowest BCUT2D eigenvalue weighted by atomic mass is 10.2. The molecule has 0 amide bonds. The second-order valence-corrected chi connectivity index (χ2v) is 6.73. The van der Waals surface area contributed by atoms with E-state index >= 15 is 0 Å². The van der Waals surface area contributed by atoms with Crippen molar-refractivity contribution >= 4 is 27.6 Å². The van der Waals surface area contributed by atoms with E-state index in [1.165, 1.54) is 5.69 Å². The molecule has 0 saturated carbocycles. The van der Waals surface area contributed by atoms with Gasteiger partial charge in [0, 0.05) is 37.2 Å². The van der Waals surface area contributed by atoms with E-state index in [0.29, 0.717) is 12.0 Å². The fraction of sp³-hybridized carbons (Fsp3) is 0.562. The Kier molecular flexibility index (Phi) is 5.91. The highest BCUT2D eigenvalue weighted by Crippen LogP contribution is 2.28. The number of nitrogens with one attached hydrogen (secondary N) is 2. The van der Waals surface area contributed by atoms with Crippen molar-refractivity contribution in [1.82, 2.24) is 10.6 Å². The van der Waals surface area contributed by atoms with Crippen molar-refractivity contribution in [3.05, 3.63) is 28.7 Å². The predicted octanol–water partition coefficient (Wildman–Crippen LogP) is 2.85. The van der Waals surface area contributed by atoms with Crippen LogP contribution >= 0.6 is 15.9 Å². The zero-order chi connectivity index (χ0) is 15.2. The molecular weight excluding hydrogens is 328 g/mol. The average molecular weight is 353 g/mol. The van der Waals surface area contributed by atoms with Crippen molar-refractivity contribution in [2.75, 3.05) is 31.6 Å². The van der Waals surface area contributed by atoms with Crippen LogP contribution in [0.25, 0.3) is 0 Å². The van der Waals surface area contributed by atoms with Crippen LogP contribution in [0.5, 0.6) is 0 Å². The van der Waals surface area contributed by atoms with Crippen molar-refractivity contribution in [3.63, 3.8) is 0 Å². The van der Waals surface area contributed by atoms with Crippen molar-refractivity contribution in [2.24, 2.45) is 10.9 Å². The highest BCUT2D eigenvalue weighted by Gasteiger charge is 2.24. The predicted molar refractivity (Wildman–Crippen MR) is 94.1 cm³/mol. The number of para-hydroxylation sites is 1. The Hall–Kier alpha value is -1.23. The van der Waals surface area contributed by atoms with Crippen molar-refractivity contribution in [2.45, 2.75) is 26.3 Å². The molecule has 0 bridgehead atoms. The second-order valence-electron chi connectivity index (χ2n) is 5.87. The summed E-state index contributed by atoms with van der Waals surface area (Å²) in [5, 5.41) is 6.89. The molecule has 1 aromatic carbocycles. The largest absolute Gasteiger partial charge is 0.368 e. The van der Waals surface area contributed by atoms with Gasteiger partial charge in [-0.25, -0.2) is 0 Å². The molecule has 0 aliphatic carbocycles. The van der Waals surface area contributed by atoms with Gasteiger partial charge in [-0.1, -0.05) is 26.0 Å². The molecule has 1 atom stereocenters. The fourth-order valence-corrected chi connectivity index (χ4v) is 3.03. The second kappa shape index (κ2) is 7.69. The summed E-state index contributed by atoms with van der Waals surface area (Å²) in [6, 6.07) is 8.84. The first-order valence-electron chi connectivity index (χ1n) is 7.56. The third-order valence-electron chi connectivity index (χ3n) is 3.62. The van der Waals surface area contributed by atoms with Gasteiger partial charge < -0.3 is 15.5 Å². The Bertz CT molecular complexity index is 487. The number of aliphatic imine (C=N–C) groups is 1. The minimum absolute atomic E-state index is 0.440. The third-order valence-corrected chi connectivity index (χ3v) is 4.29. The lowest BCUT2D eigenvalue weighted by Gasteiger charge is -2.21. The average Bonchev–Trinajstić information content (AvgIpc) is 2.92. The molecule has 4 nitrogen and oxygen atoms in total. The summed E-state index contributed by atoms with van der Waals surface area (Å²) in [7, 11) is 1.83. The minimum Gasteiger partial charge on any atom is -0.368 e. The highest BCUT2D eigenvalue weighted by atomic mass is 79.9.